The first-order chi connectivity index (χ1) is 5.36. The second-order valence-electron chi connectivity index (χ2n) is 3.63. The van der Waals surface area contributed by atoms with Gasteiger partial charge in [0, 0.05) is 0 Å². The first-order valence-corrected chi connectivity index (χ1v) is 4.67. The zero-order valence-electron chi connectivity index (χ0n) is 7.08. The molecule has 2 rings (SSSR count). The van der Waals surface area contributed by atoms with Gasteiger partial charge in [-0.3, -0.25) is 0 Å². The van der Waals surface area contributed by atoms with Gasteiger partial charge in [-0.2, -0.15) is 0 Å². The van der Waals surface area contributed by atoms with Crippen LogP contribution in [0, 0.1) is 0 Å². The molecule has 0 N–H and O–H groups in total. The van der Waals surface area contributed by atoms with Gasteiger partial charge in [0.05, 0.1) is 6.10 Å². The minimum atomic E-state index is 0.156. The van der Waals surface area contributed by atoms with Crippen LogP contribution in [0.15, 0.2) is 0 Å². The molecular weight excluding hydrogens is 140 g/mol. The van der Waals surface area contributed by atoms with Gasteiger partial charge in [-0.15, -0.1) is 0 Å². The van der Waals surface area contributed by atoms with Crippen LogP contribution < -0.4 is 0 Å². The van der Waals surface area contributed by atoms with E-state index in [1.165, 1.54) is 32.1 Å². The van der Waals surface area contributed by atoms with Crippen molar-refractivity contribution < 1.29 is 9.47 Å². The highest BCUT2D eigenvalue weighted by Gasteiger charge is 2.40. The molecule has 2 aliphatic rings. The van der Waals surface area contributed by atoms with Gasteiger partial charge >= 0.3 is 0 Å². The standard InChI is InChI=1S/C9H16O2/c1-7-5-3-2-4-6-8-9(10-7)11-8/h7-9H,2-6H2,1H3. The van der Waals surface area contributed by atoms with Gasteiger partial charge in [-0.25, -0.2) is 0 Å². The van der Waals surface area contributed by atoms with E-state index in [1.807, 2.05) is 0 Å². The molecule has 2 heteroatoms. The highest BCUT2D eigenvalue weighted by molar-refractivity contribution is 4.78. The lowest BCUT2D eigenvalue weighted by molar-refractivity contribution is -0.00606. The van der Waals surface area contributed by atoms with Crippen molar-refractivity contribution in [3.8, 4) is 0 Å². The first-order valence-electron chi connectivity index (χ1n) is 4.67. The highest BCUT2D eigenvalue weighted by Crippen LogP contribution is 2.31. The lowest BCUT2D eigenvalue weighted by Gasteiger charge is -2.08. The van der Waals surface area contributed by atoms with Crippen LogP contribution in [-0.4, -0.2) is 18.5 Å². The Hall–Kier alpha value is -0.0800. The van der Waals surface area contributed by atoms with Crippen LogP contribution in [0.25, 0.3) is 0 Å². The number of hydrogen-bond acceptors (Lipinski definition) is 2. The lowest BCUT2D eigenvalue weighted by Crippen LogP contribution is -2.10. The van der Waals surface area contributed by atoms with E-state index in [-0.39, 0.29) is 6.29 Å². The molecule has 0 aromatic heterocycles. The zero-order chi connectivity index (χ0) is 7.68. The Bertz CT molecular complexity index is 136. The third-order valence-electron chi connectivity index (χ3n) is 2.50. The van der Waals surface area contributed by atoms with E-state index >= 15 is 0 Å². The molecule has 2 nitrogen and oxygen atoms in total. The van der Waals surface area contributed by atoms with Gasteiger partial charge in [-0.1, -0.05) is 19.3 Å². The summed E-state index contributed by atoms with van der Waals surface area (Å²) in [6.07, 6.45) is 7.39. The van der Waals surface area contributed by atoms with Gasteiger partial charge in [-0.05, 0) is 19.8 Å². The first kappa shape index (κ1) is 7.56. The second-order valence-corrected chi connectivity index (χ2v) is 3.63. The monoisotopic (exact) mass is 156 g/mol. The molecule has 0 spiro atoms. The molecule has 0 aromatic carbocycles. The van der Waals surface area contributed by atoms with Crippen molar-refractivity contribution in [3.05, 3.63) is 0 Å². The highest BCUT2D eigenvalue weighted by atomic mass is 16.8. The Morgan fingerprint density at radius 3 is 2.73 bits per heavy atom. The molecule has 0 aromatic rings. The Morgan fingerprint density at radius 1 is 1.00 bits per heavy atom. The summed E-state index contributed by atoms with van der Waals surface area (Å²) in [5, 5.41) is 0. The third-order valence-corrected chi connectivity index (χ3v) is 2.50. The molecule has 64 valence electrons. The van der Waals surface area contributed by atoms with Crippen molar-refractivity contribution >= 4 is 0 Å². The van der Waals surface area contributed by atoms with E-state index in [1.54, 1.807) is 0 Å². The minimum absolute atomic E-state index is 0.156. The van der Waals surface area contributed by atoms with E-state index < -0.39 is 0 Å². The molecule has 0 radical (unpaired) electrons. The van der Waals surface area contributed by atoms with Crippen molar-refractivity contribution in [3.63, 3.8) is 0 Å². The fourth-order valence-corrected chi connectivity index (χ4v) is 1.70. The van der Waals surface area contributed by atoms with Crippen LogP contribution in [-0.2, 0) is 9.47 Å². The maximum absolute atomic E-state index is 5.62. The minimum Gasteiger partial charge on any atom is -0.347 e. The van der Waals surface area contributed by atoms with Gasteiger partial charge in [0.25, 0.3) is 0 Å². The van der Waals surface area contributed by atoms with E-state index in [0.717, 1.165) is 0 Å². The molecule has 3 atom stereocenters. The van der Waals surface area contributed by atoms with Gasteiger partial charge < -0.3 is 9.47 Å². The summed E-state index contributed by atoms with van der Waals surface area (Å²) in [6.45, 7) is 2.14. The second kappa shape index (κ2) is 3.11. The molecule has 2 fully saturated rings. The molecule has 2 heterocycles. The summed E-state index contributed by atoms with van der Waals surface area (Å²) in [4.78, 5) is 0. The smallest absolute Gasteiger partial charge is 0.184 e. The van der Waals surface area contributed by atoms with Crippen molar-refractivity contribution in [2.75, 3.05) is 0 Å². The number of fused-ring (bicyclic) bond motifs is 1. The predicted molar refractivity (Wildman–Crippen MR) is 42.3 cm³/mol. The summed E-state index contributed by atoms with van der Waals surface area (Å²) in [6, 6.07) is 0. The van der Waals surface area contributed by atoms with E-state index in [2.05, 4.69) is 6.92 Å². The Kier molecular flexibility index (Phi) is 2.14. The normalized spacial score (nSPS) is 45.0. The fraction of sp³-hybridized carbons (Fsp3) is 1.00. The maximum Gasteiger partial charge on any atom is 0.184 e. The van der Waals surface area contributed by atoms with Crippen LogP contribution in [0.2, 0.25) is 0 Å². The van der Waals surface area contributed by atoms with Crippen molar-refractivity contribution in [2.24, 2.45) is 0 Å². The van der Waals surface area contributed by atoms with Crippen LogP contribution in [0.5, 0.6) is 0 Å². The van der Waals surface area contributed by atoms with Crippen molar-refractivity contribution in [1.29, 1.82) is 0 Å². The Labute approximate surface area is 67.9 Å². The molecular formula is C9H16O2. The number of epoxide rings is 1. The average molecular weight is 156 g/mol. The number of hydrogen-bond donors (Lipinski definition) is 0. The van der Waals surface area contributed by atoms with Crippen LogP contribution >= 0.6 is 0 Å². The topological polar surface area (TPSA) is 21.8 Å². The van der Waals surface area contributed by atoms with E-state index in [0.29, 0.717) is 12.2 Å². The molecule has 3 unspecified atom stereocenters. The number of rotatable bonds is 0. The third kappa shape index (κ3) is 1.94. The summed E-state index contributed by atoms with van der Waals surface area (Å²) in [5.74, 6) is 0. The largest absolute Gasteiger partial charge is 0.347 e. The SMILES string of the molecule is CC1CCCCCC2OC2O1. The summed E-state index contributed by atoms with van der Waals surface area (Å²) in [7, 11) is 0. The van der Waals surface area contributed by atoms with Crippen molar-refractivity contribution in [2.45, 2.75) is 57.5 Å². The molecule has 2 saturated heterocycles. The van der Waals surface area contributed by atoms with Crippen LogP contribution in [0.1, 0.15) is 39.0 Å². The van der Waals surface area contributed by atoms with Gasteiger partial charge in [0.15, 0.2) is 6.29 Å². The summed E-state index contributed by atoms with van der Waals surface area (Å²) >= 11 is 0. The molecule has 2 aliphatic heterocycles. The summed E-state index contributed by atoms with van der Waals surface area (Å²) in [5.41, 5.74) is 0. The average Bonchev–Trinajstić information content (AvgIpc) is 2.66. The molecule has 0 saturated carbocycles. The van der Waals surface area contributed by atoms with Crippen LogP contribution in [0.3, 0.4) is 0 Å². The van der Waals surface area contributed by atoms with E-state index in [9.17, 15) is 0 Å². The van der Waals surface area contributed by atoms with Crippen molar-refractivity contribution in [1.82, 2.24) is 0 Å². The molecule has 11 heavy (non-hydrogen) atoms. The Morgan fingerprint density at radius 2 is 1.82 bits per heavy atom. The van der Waals surface area contributed by atoms with Gasteiger partial charge in [0.1, 0.15) is 6.10 Å². The van der Waals surface area contributed by atoms with Crippen LogP contribution in [0.4, 0.5) is 0 Å². The zero-order valence-corrected chi connectivity index (χ0v) is 7.08. The lowest BCUT2D eigenvalue weighted by atomic mass is 10.1. The fourth-order valence-electron chi connectivity index (χ4n) is 1.70. The maximum atomic E-state index is 5.62. The molecule has 0 bridgehead atoms. The van der Waals surface area contributed by atoms with E-state index in [4.69, 9.17) is 9.47 Å². The summed E-state index contributed by atoms with van der Waals surface area (Å²) < 4.78 is 11.0. The molecule has 0 aliphatic carbocycles. The number of ether oxygens (including phenoxy) is 2. The predicted octanol–water partition coefficient (Wildman–Crippen LogP) is 2.08. The quantitative estimate of drug-likeness (QED) is 0.501. The Balaban J connectivity index is 1.83. The molecule has 0 amide bonds. The van der Waals surface area contributed by atoms with Gasteiger partial charge in [0.2, 0.25) is 0 Å².